The summed E-state index contributed by atoms with van der Waals surface area (Å²) in [7, 11) is 1.44. The number of benzene rings is 2. The van der Waals surface area contributed by atoms with E-state index in [1.807, 2.05) is 6.07 Å². The summed E-state index contributed by atoms with van der Waals surface area (Å²) < 4.78 is 4.95. The quantitative estimate of drug-likeness (QED) is 0.652. The lowest BCUT2D eigenvalue weighted by Gasteiger charge is -2.09. The summed E-state index contributed by atoms with van der Waals surface area (Å²) in [5.74, 6) is -0.322. The zero-order valence-corrected chi connectivity index (χ0v) is 13.9. The zero-order chi connectivity index (χ0) is 17.7. The average Bonchev–Trinajstić information content (AvgIpc) is 2.57. The Bertz CT molecular complexity index is 854. The van der Waals surface area contributed by atoms with Crippen LogP contribution in [0, 0.1) is 18.3 Å². The Kier molecular flexibility index (Phi) is 5.46. The SMILES string of the molecule is COc1ccc(/C=C(\C#N)C(=O)Nc2cccc(Cl)c2C)cc1O. The molecule has 2 rings (SSSR count). The first-order valence-electron chi connectivity index (χ1n) is 7.01. The standard InChI is InChI=1S/C18H15ClN2O3/c1-11-14(19)4-3-5-15(11)21-18(23)13(10-20)8-12-6-7-17(24-2)16(22)9-12/h3-9,22H,1-2H3,(H,21,23)/b13-8+. The second-order valence-corrected chi connectivity index (χ2v) is 5.37. The third-order valence-corrected chi connectivity index (χ3v) is 3.80. The van der Waals surface area contributed by atoms with E-state index in [1.165, 1.54) is 19.3 Å². The van der Waals surface area contributed by atoms with Gasteiger partial charge in [0.25, 0.3) is 5.91 Å². The minimum Gasteiger partial charge on any atom is -0.504 e. The number of nitriles is 1. The Balaban J connectivity index is 2.27. The second-order valence-electron chi connectivity index (χ2n) is 4.97. The van der Waals surface area contributed by atoms with E-state index in [4.69, 9.17) is 16.3 Å². The van der Waals surface area contributed by atoms with E-state index in [1.54, 1.807) is 37.3 Å². The van der Waals surface area contributed by atoms with Gasteiger partial charge in [-0.05, 0) is 48.4 Å². The molecular weight excluding hydrogens is 328 g/mol. The first kappa shape index (κ1) is 17.4. The van der Waals surface area contributed by atoms with Crippen LogP contribution in [0.3, 0.4) is 0 Å². The van der Waals surface area contributed by atoms with E-state index < -0.39 is 5.91 Å². The lowest BCUT2D eigenvalue weighted by molar-refractivity contribution is -0.112. The van der Waals surface area contributed by atoms with Crippen molar-refractivity contribution in [2.75, 3.05) is 12.4 Å². The van der Waals surface area contributed by atoms with Gasteiger partial charge in [-0.15, -0.1) is 0 Å². The summed E-state index contributed by atoms with van der Waals surface area (Å²) in [5.41, 5.74) is 1.65. The molecule has 0 aliphatic carbocycles. The van der Waals surface area contributed by atoms with Crippen LogP contribution in [-0.4, -0.2) is 18.1 Å². The molecule has 6 heteroatoms. The highest BCUT2D eigenvalue weighted by Gasteiger charge is 2.12. The van der Waals surface area contributed by atoms with Crippen LogP contribution in [0.2, 0.25) is 5.02 Å². The number of ether oxygens (including phenoxy) is 1. The van der Waals surface area contributed by atoms with Crippen LogP contribution in [0.1, 0.15) is 11.1 Å². The van der Waals surface area contributed by atoms with Crippen molar-refractivity contribution >= 4 is 29.3 Å². The summed E-state index contributed by atoms with van der Waals surface area (Å²) in [4.78, 5) is 12.3. The molecule has 0 aliphatic heterocycles. The third kappa shape index (κ3) is 3.86. The minimum absolute atomic E-state index is 0.0744. The summed E-state index contributed by atoms with van der Waals surface area (Å²) in [6.07, 6.45) is 1.38. The van der Waals surface area contributed by atoms with Crippen molar-refractivity contribution in [3.8, 4) is 17.6 Å². The molecule has 0 saturated heterocycles. The van der Waals surface area contributed by atoms with Crippen molar-refractivity contribution in [3.05, 3.63) is 58.1 Å². The van der Waals surface area contributed by atoms with Crippen molar-refractivity contribution in [1.29, 1.82) is 5.26 Å². The number of aromatic hydroxyl groups is 1. The Labute approximate surface area is 144 Å². The van der Waals surface area contributed by atoms with Gasteiger partial charge in [-0.1, -0.05) is 23.7 Å². The summed E-state index contributed by atoms with van der Waals surface area (Å²) in [6.45, 7) is 1.77. The van der Waals surface area contributed by atoms with E-state index in [9.17, 15) is 15.2 Å². The average molecular weight is 343 g/mol. The lowest BCUT2D eigenvalue weighted by atomic mass is 10.1. The largest absolute Gasteiger partial charge is 0.504 e. The molecule has 0 spiro atoms. The molecule has 0 aliphatic rings. The van der Waals surface area contributed by atoms with Crippen LogP contribution in [-0.2, 0) is 4.79 Å². The van der Waals surface area contributed by atoms with Gasteiger partial charge >= 0.3 is 0 Å². The molecule has 122 valence electrons. The van der Waals surface area contributed by atoms with E-state index >= 15 is 0 Å². The molecule has 0 atom stereocenters. The van der Waals surface area contributed by atoms with E-state index in [0.29, 0.717) is 27.6 Å². The van der Waals surface area contributed by atoms with Gasteiger partial charge in [0.05, 0.1) is 7.11 Å². The predicted molar refractivity (Wildman–Crippen MR) is 93.1 cm³/mol. The van der Waals surface area contributed by atoms with Crippen LogP contribution in [0.25, 0.3) is 6.08 Å². The third-order valence-electron chi connectivity index (χ3n) is 3.39. The maximum atomic E-state index is 12.3. The molecule has 2 aromatic carbocycles. The molecule has 0 aromatic heterocycles. The lowest BCUT2D eigenvalue weighted by Crippen LogP contribution is -2.14. The van der Waals surface area contributed by atoms with Crippen LogP contribution < -0.4 is 10.1 Å². The summed E-state index contributed by atoms with van der Waals surface area (Å²) in [5, 5.41) is 22.2. The number of carbonyl (C=O) groups excluding carboxylic acids is 1. The van der Waals surface area contributed by atoms with Gasteiger partial charge in [0.1, 0.15) is 11.6 Å². The van der Waals surface area contributed by atoms with Crippen LogP contribution in [0.4, 0.5) is 5.69 Å². The normalized spacial score (nSPS) is 10.8. The van der Waals surface area contributed by atoms with Gasteiger partial charge in [-0.3, -0.25) is 4.79 Å². The fourth-order valence-electron chi connectivity index (χ4n) is 2.04. The van der Waals surface area contributed by atoms with Crippen molar-refractivity contribution in [1.82, 2.24) is 0 Å². The number of nitrogens with one attached hydrogen (secondary N) is 1. The Morgan fingerprint density at radius 2 is 2.12 bits per heavy atom. The molecule has 0 unspecified atom stereocenters. The number of hydrogen-bond donors (Lipinski definition) is 2. The van der Waals surface area contributed by atoms with Gasteiger partial charge in [0.15, 0.2) is 11.5 Å². The molecule has 0 saturated carbocycles. The number of carbonyl (C=O) groups is 1. The van der Waals surface area contributed by atoms with E-state index in [-0.39, 0.29) is 11.3 Å². The second kappa shape index (κ2) is 7.53. The highest BCUT2D eigenvalue weighted by Crippen LogP contribution is 2.27. The van der Waals surface area contributed by atoms with Crippen molar-refractivity contribution in [2.45, 2.75) is 6.92 Å². The van der Waals surface area contributed by atoms with Gasteiger partial charge in [-0.2, -0.15) is 5.26 Å². The number of methoxy groups -OCH3 is 1. The first-order chi connectivity index (χ1) is 11.5. The molecule has 0 bridgehead atoms. The van der Waals surface area contributed by atoms with Crippen molar-refractivity contribution < 1.29 is 14.6 Å². The molecule has 2 aromatic rings. The maximum absolute atomic E-state index is 12.3. The number of amides is 1. The minimum atomic E-state index is -0.557. The molecule has 0 heterocycles. The number of phenolic OH excluding ortho intramolecular Hbond substituents is 1. The van der Waals surface area contributed by atoms with Crippen molar-refractivity contribution in [2.24, 2.45) is 0 Å². The number of nitrogens with zero attached hydrogens (tertiary/aromatic N) is 1. The molecule has 0 radical (unpaired) electrons. The highest BCUT2D eigenvalue weighted by atomic mass is 35.5. The summed E-state index contributed by atoms with van der Waals surface area (Å²) in [6, 6.07) is 11.6. The number of phenols is 1. The Hall–Kier alpha value is -2.97. The molecular formula is C18H15ClN2O3. The van der Waals surface area contributed by atoms with Crippen molar-refractivity contribution in [3.63, 3.8) is 0 Å². The molecule has 24 heavy (non-hydrogen) atoms. The number of rotatable bonds is 4. The number of halogens is 1. The molecule has 2 N–H and O–H groups in total. The molecule has 5 nitrogen and oxygen atoms in total. The van der Waals surface area contributed by atoms with Gasteiger partial charge < -0.3 is 15.2 Å². The topological polar surface area (TPSA) is 82.3 Å². The predicted octanol–water partition coefficient (Wildman–Crippen LogP) is 3.91. The highest BCUT2D eigenvalue weighted by molar-refractivity contribution is 6.31. The molecule has 1 amide bonds. The number of anilines is 1. The maximum Gasteiger partial charge on any atom is 0.266 e. The Morgan fingerprint density at radius 3 is 2.75 bits per heavy atom. The van der Waals surface area contributed by atoms with Crippen LogP contribution in [0.15, 0.2) is 42.0 Å². The number of hydrogen-bond acceptors (Lipinski definition) is 4. The fraction of sp³-hybridized carbons (Fsp3) is 0.111. The van der Waals surface area contributed by atoms with Crippen LogP contribution >= 0.6 is 11.6 Å². The zero-order valence-electron chi connectivity index (χ0n) is 13.1. The van der Waals surface area contributed by atoms with Crippen LogP contribution in [0.5, 0.6) is 11.5 Å². The fourth-order valence-corrected chi connectivity index (χ4v) is 2.22. The van der Waals surface area contributed by atoms with Gasteiger partial charge in [0, 0.05) is 10.7 Å². The smallest absolute Gasteiger partial charge is 0.266 e. The Morgan fingerprint density at radius 1 is 1.38 bits per heavy atom. The van der Waals surface area contributed by atoms with E-state index in [2.05, 4.69) is 5.32 Å². The van der Waals surface area contributed by atoms with E-state index in [0.717, 1.165) is 0 Å². The first-order valence-corrected chi connectivity index (χ1v) is 7.39. The monoisotopic (exact) mass is 342 g/mol. The molecule has 0 fully saturated rings. The van der Waals surface area contributed by atoms with Gasteiger partial charge in [0.2, 0.25) is 0 Å². The van der Waals surface area contributed by atoms with Gasteiger partial charge in [-0.25, -0.2) is 0 Å². The summed E-state index contributed by atoms with van der Waals surface area (Å²) >= 11 is 6.02.